The summed E-state index contributed by atoms with van der Waals surface area (Å²) in [6, 6.07) is 8.40. The number of fused-ring (bicyclic) bond motifs is 1. The van der Waals surface area contributed by atoms with Gasteiger partial charge in [0.1, 0.15) is 27.3 Å². The van der Waals surface area contributed by atoms with Gasteiger partial charge >= 0.3 is 0 Å². The maximum absolute atomic E-state index is 14.4. The molecule has 1 aromatic carbocycles. The smallest absolute Gasteiger partial charge is 0.225 e. The quantitative estimate of drug-likeness (QED) is 0.303. The van der Waals surface area contributed by atoms with Crippen molar-refractivity contribution in [3.8, 4) is 11.1 Å². The highest BCUT2D eigenvalue weighted by Gasteiger charge is 2.29. The summed E-state index contributed by atoms with van der Waals surface area (Å²) in [4.78, 5) is 36.3. The minimum absolute atomic E-state index is 0.328. The van der Waals surface area contributed by atoms with Crippen LogP contribution in [0.2, 0.25) is 0 Å². The molecule has 0 amide bonds. The Bertz CT molecular complexity index is 1650. The van der Waals surface area contributed by atoms with E-state index in [4.69, 9.17) is 0 Å². The number of carbonyl (C=O) groups is 1. The molecule has 2 saturated heterocycles. The SMILES string of the molecule is CS(=O)(=O)C1CCN(c2ncc(-c3cc(F)ccc3N3CCN(C(C=O)n4cnc5cccnc54)CC3)cn2)CC1. The zero-order valence-corrected chi connectivity index (χ0v) is 23.5. The fourth-order valence-corrected chi connectivity index (χ4v) is 6.81. The standard InChI is InChI=1S/C28H31FN8O3S/c1-41(39,40)22-6-9-36(10-7-22)28-31-16-20(17-32-28)23-15-21(29)4-5-25(23)34-11-13-35(14-12-34)26(18-38)37-19-33-24-3-2-8-30-27(24)37/h2-5,8,15-19,22,26H,6-7,9-14H2,1H3. The maximum atomic E-state index is 14.4. The van der Waals surface area contributed by atoms with Crippen molar-refractivity contribution >= 4 is 38.9 Å². The second kappa shape index (κ2) is 11.1. The van der Waals surface area contributed by atoms with Crippen LogP contribution in [0, 0.1) is 5.82 Å². The predicted octanol–water partition coefficient (Wildman–Crippen LogP) is 2.56. The van der Waals surface area contributed by atoms with E-state index in [9.17, 15) is 17.6 Å². The van der Waals surface area contributed by atoms with Crippen molar-refractivity contribution in [2.24, 2.45) is 0 Å². The first-order valence-electron chi connectivity index (χ1n) is 13.6. The second-order valence-electron chi connectivity index (χ2n) is 10.5. The molecule has 6 rings (SSSR count). The van der Waals surface area contributed by atoms with Gasteiger partial charge in [0.2, 0.25) is 5.95 Å². The molecule has 2 aliphatic rings. The van der Waals surface area contributed by atoms with Crippen LogP contribution in [0.5, 0.6) is 0 Å². The van der Waals surface area contributed by atoms with E-state index in [-0.39, 0.29) is 11.1 Å². The van der Waals surface area contributed by atoms with E-state index >= 15 is 0 Å². The summed E-state index contributed by atoms with van der Waals surface area (Å²) in [6.07, 6.45) is 9.50. The van der Waals surface area contributed by atoms with Gasteiger partial charge in [-0.1, -0.05) is 0 Å². The molecule has 41 heavy (non-hydrogen) atoms. The maximum Gasteiger partial charge on any atom is 0.225 e. The van der Waals surface area contributed by atoms with Crippen LogP contribution >= 0.6 is 0 Å². The van der Waals surface area contributed by atoms with E-state index < -0.39 is 16.0 Å². The number of nitrogens with zero attached hydrogens (tertiary/aromatic N) is 8. The molecule has 4 aromatic rings. The summed E-state index contributed by atoms with van der Waals surface area (Å²) in [5.74, 6) is 0.184. The summed E-state index contributed by atoms with van der Waals surface area (Å²) < 4.78 is 40.0. The molecule has 2 aliphatic heterocycles. The summed E-state index contributed by atoms with van der Waals surface area (Å²) in [6.45, 7) is 3.64. The first kappa shape index (κ1) is 27.2. The fourth-order valence-electron chi connectivity index (χ4n) is 5.74. The molecule has 0 aliphatic carbocycles. The van der Waals surface area contributed by atoms with Crippen molar-refractivity contribution in [2.45, 2.75) is 24.3 Å². The predicted molar refractivity (Wildman–Crippen MR) is 154 cm³/mol. The lowest BCUT2D eigenvalue weighted by molar-refractivity contribution is -0.115. The summed E-state index contributed by atoms with van der Waals surface area (Å²) in [5.41, 5.74) is 3.65. The van der Waals surface area contributed by atoms with Gasteiger partial charge in [0.25, 0.3) is 0 Å². The van der Waals surface area contributed by atoms with Crippen LogP contribution in [-0.4, -0.2) is 94.9 Å². The Morgan fingerprint density at radius 2 is 1.68 bits per heavy atom. The van der Waals surface area contributed by atoms with E-state index in [1.165, 1.54) is 18.4 Å². The number of benzene rings is 1. The molecule has 214 valence electrons. The number of aromatic nitrogens is 5. The average Bonchev–Trinajstić information content (AvgIpc) is 3.42. The minimum atomic E-state index is -3.06. The van der Waals surface area contributed by atoms with Crippen molar-refractivity contribution in [1.82, 2.24) is 29.4 Å². The van der Waals surface area contributed by atoms with Crippen LogP contribution in [0.4, 0.5) is 16.0 Å². The van der Waals surface area contributed by atoms with Gasteiger partial charge < -0.3 is 9.80 Å². The van der Waals surface area contributed by atoms with E-state index in [0.717, 1.165) is 17.5 Å². The monoisotopic (exact) mass is 578 g/mol. The lowest BCUT2D eigenvalue weighted by atomic mass is 10.0. The number of pyridine rings is 1. The van der Waals surface area contributed by atoms with Crippen molar-refractivity contribution < 1.29 is 17.6 Å². The summed E-state index contributed by atoms with van der Waals surface area (Å²) in [5, 5.41) is -0.328. The number of hydrogen-bond acceptors (Lipinski definition) is 10. The summed E-state index contributed by atoms with van der Waals surface area (Å²) >= 11 is 0. The average molecular weight is 579 g/mol. The second-order valence-corrected chi connectivity index (χ2v) is 12.8. The number of rotatable bonds is 7. The molecule has 3 aromatic heterocycles. The van der Waals surface area contributed by atoms with Gasteiger partial charge in [-0.2, -0.15) is 0 Å². The number of halogens is 1. The number of piperazine rings is 1. The zero-order chi connectivity index (χ0) is 28.6. The van der Waals surface area contributed by atoms with Crippen molar-refractivity contribution in [3.05, 3.63) is 61.1 Å². The molecule has 11 nitrogen and oxygen atoms in total. The van der Waals surface area contributed by atoms with Crippen LogP contribution < -0.4 is 9.80 Å². The molecule has 0 bridgehead atoms. The Labute approximate surface area is 237 Å². The van der Waals surface area contributed by atoms with Crippen LogP contribution in [0.25, 0.3) is 22.3 Å². The third kappa shape index (κ3) is 5.51. The minimum Gasteiger partial charge on any atom is -0.368 e. The van der Waals surface area contributed by atoms with Gasteiger partial charge in [0.15, 0.2) is 11.9 Å². The van der Waals surface area contributed by atoms with E-state index in [1.807, 2.05) is 17.0 Å². The molecule has 0 spiro atoms. The van der Waals surface area contributed by atoms with Crippen molar-refractivity contribution in [1.29, 1.82) is 0 Å². The molecular formula is C28H31FN8O3S. The van der Waals surface area contributed by atoms with Crippen LogP contribution in [0.3, 0.4) is 0 Å². The molecular weight excluding hydrogens is 547 g/mol. The third-order valence-corrected chi connectivity index (χ3v) is 9.69. The van der Waals surface area contributed by atoms with Crippen molar-refractivity contribution in [3.63, 3.8) is 0 Å². The number of hydrogen-bond donors (Lipinski definition) is 0. The van der Waals surface area contributed by atoms with E-state index in [0.29, 0.717) is 74.8 Å². The Hall–Kier alpha value is -3.97. The van der Waals surface area contributed by atoms with Crippen LogP contribution in [0.15, 0.2) is 55.2 Å². The highest BCUT2D eigenvalue weighted by Crippen LogP contribution is 2.33. The molecule has 2 fully saturated rings. The largest absolute Gasteiger partial charge is 0.368 e. The fraction of sp³-hybridized carbons (Fsp3) is 0.393. The van der Waals surface area contributed by atoms with E-state index in [1.54, 1.807) is 35.6 Å². The zero-order valence-electron chi connectivity index (χ0n) is 22.7. The number of piperidine rings is 1. The Morgan fingerprint density at radius 1 is 0.951 bits per heavy atom. The normalized spacial score (nSPS) is 18.1. The van der Waals surface area contributed by atoms with Gasteiger partial charge in [-0.3, -0.25) is 14.3 Å². The lowest BCUT2D eigenvalue weighted by Gasteiger charge is -2.39. The first-order valence-corrected chi connectivity index (χ1v) is 15.5. The first-order chi connectivity index (χ1) is 19.8. The molecule has 0 N–H and O–H groups in total. The summed E-state index contributed by atoms with van der Waals surface area (Å²) in [7, 11) is -3.06. The van der Waals surface area contributed by atoms with Gasteiger partial charge in [0.05, 0.1) is 11.6 Å². The highest BCUT2D eigenvalue weighted by atomic mass is 32.2. The lowest BCUT2D eigenvalue weighted by Crippen LogP contribution is -2.49. The van der Waals surface area contributed by atoms with Crippen LogP contribution in [-0.2, 0) is 14.6 Å². The number of aldehydes is 1. The number of carbonyl (C=O) groups excluding carboxylic acids is 1. The Morgan fingerprint density at radius 3 is 2.37 bits per heavy atom. The topological polar surface area (TPSA) is 117 Å². The Kier molecular flexibility index (Phi) is 7.39. The molecule has 0 saturated carbocycles. The highest BCUT2D eigenvalue weighted by molar-refractivity contribution is 7.91. The van der Waals surface area contributed by atoms with Gasteiger partial charge in [0, 0.05) is 80.9 Å². The molecule has 5 heterocycles. The number of anilines is 2. The molecule has 1 unspecified atom stereocenters. The van der Waals surface area contributed by atoms with Gasteiger partial charge in [-0.05, 0) is 43.2 Å². The molecule has 13 heteroatoms. The molecule has 1 atom stereocenters. The van der Waals surface area contributed by atoms with Gasteiger partial charge in [-0.15, -0.1) is 0 Å². The Balaban J connectivity index is 1.17. The van der Waals surface area contributed by atoms with Crippen LogP contribution in [0.1, 0.15) is 19.0 Å². The van der Waals surface area contributed by atoms with Gasteiger partial charge in [-0.25, -0.2) is 32.7 Å². The number of imidazole rings is 1. The third-order valence-electron chi connectivity index (χ3n) is 8.01. The molecule has 0 radical (unpaired) electrons. The van der Waals surface area contributed by atoms with Crippen molar-refractivity contribution in [2.75, 3.05) is 55.3 Å². The number of sulfone groups is 1. The van der Waals surface area contributed by atoms with E-state index in [2.05, 4.69) is 29.7 Å².